The quantitative estimate of drug-likeness (QED) is 0.737. The van der Waals surface area contributed by atoms with E-state index >= 15 is 0 Å². The molecule has 0 bridgehead atoms. The van der Waals surface area contributed by atoms with E-state index in [-0.39, 0.29) is 0 Å². The maximum atomic E-state index is 3.50. The fourth-order valence-electron chi connectivity index (χ4n) is 1.91. The molecule has 3 heteroatoms. The Morgan fingerprint density at radius 3 is 2.42 bits per heavy atom. The molecule has 0 unspecified atom stereocenters. The van der Waals surface area contributed by atoms with E-state index in [1.54, 1.807) is 0 Å². The lowest BCUT2D eigenvalue weighted by Crippen LogP contribution is -2.19. The minimum absolute atomic E-state index is 0.724. The highest BCUT2D eigenvalue weighted by molar-refractivity contribution is 7.11. The van der Waals surface area contributed by atoms with Crippen molar-refractivity contribution in [1.82, 2.24) is 10.2 Å². The first-order valence-electron chi connectivity index (χ1n) is 7.44. The van der Waals surface area contributed by atoms with E-state index in [0.29, 0.717) is 0 Å². The molecule has 0 saturated carbocycles. The summed E-state index contributed by atoms with van der Waals surface area (Å²) in [6, 6.07) is 4.55. The van der Waals surface area contributed by atoms with Crippen molar-refractivity contribution < 1.29 is 0 Å². The molecule has 1 N–H and O–H groups in total. The highest BCUT2D eigenvalue weighted by atomic mass is 32.1. The number of nitrogens with one attached hydrogen (secondary N) is 1. The van der Waals surface area contributed by atoms with Gasteiger partial charge in [-0.05, 0) is 50.5 Å². The molecule has 0 saturated heterocycles. The molecule has 1 aromatic heterocycles. The molecule has 1 heterocycles. The monoisotopic (exact) mass is 282 g/mol. The van der Waals surface area contributed by atoms with Crippen LogP contribution >= 0.6 is 11.3 Å². The van der Waals surface area contributed by atoms with Gasteiger partial charge in [0.15, 0.2) is 0 Å². The minimum Gasteiger partial charge on any atom is -0.312 e. The average molecular weight is 282 g/mol. The molecule has 110 valence electrons. The van der Waals surface area contributed by atoms with Crippen LogP contribution in [0.25, 0.3) is 0 Å². The predicted octanol–water partition coefficient (Wildman–Crippen LogP) is 3.97. The highest BCUT2D eigenvalue weighted by Crippen LogP contribution is 2.18. The van der Waals surface area contributed by atoms with Crippen LogP contribution in [0.1, 0.15) is 43.9 Å². The maximum absolute atomic E-state index is 3.50. The maximum Gasteiger partial charge on any atom is 0.0324 e. The lowest BCUT2D eigenvalue weighted by atomic mass is 10.1. The third-order valence-corrected chi connectivity index (χ3v) is 4.15. The van der Waals surface area contributed by atoms with Gasteiger partial charge in [-0.2, -0.15) is 0 Å². The molecule has 0 spiro atoms. The summed E-state index contributed by atoms with van der Waals surface area (Å²) in [7, 11) is 2.22. The van der Waals surface area contributed by atoms with Gasteiger partial charge in [-0.25, -0.2) is 0 Å². The summed E-state index contributed by atoms with van der Waals surface area (Å²) < 4.78 is 0. The molecule has 0 amide bonds. The van der Waals surface area contributed by atoms with E-state index < -0.39 is 0 Å². The largest absolute Gasteiger partial charge is 0.312 e. The van der Waals surface area contributed by atoms with Crippen LogP contribution in [-0.2, 0) is 13.1 Å². The molecule has 0 aliphatic carbocycles. The second kappa shape index (κ2) is 8.72. The van der Waals surface area contributed by atoms with Crippen LogP contribution in [0, 0.1) is 11.8 Å². The molecule has 0 aromatic carbocycles. The number of hydrogen-bond donors (Lipinski definition) is 1. The summed E-state index contributed by atoms with van der Waals surface area (Å²) in [6.45, 7) is 13.5. The zero-order valence-corrected chi connectivity index (χ0v) is 14.0. The Morgan fingerprint density at radius 2 is 1.79 bits per heavy atom. The minimum atomic E-state index is 0.724. The Morgan fingerprint density at radius 1 is 1.11 bits per heavy atom. The second-order valence-corrected chi connectivity index (χ2v) is 7.57. The van der Waals surface area contributed by atoms with Gasteiger partial charge >= 0.3 is 0 Å². The summed E-state index contributed by atoms with van der Waals surface area (Å²) >= 11 is 1.94. The van der Waals surface area contributed by atoms with Crippen molar-refractivity contribution in [3.8, 4) is 0 Å². The van der Waals surface area contributed by atoms with Gasteiger partial charge < -0.3 is 10.2 Å². The van der Waals surface area contributed by atoms with Crippen molar-refractivity contribution in [1.29, 1.82) is 0 Å². The molecule has 0 radical (unpaired) electrons. The first-order valence-corrected chi connectivity index (χ1v) is 8.26. The number of hydrogen-bond acceptors (Lipinski definition) is 3. The van der Waals surface area contributed by atoms with E-state index in [4.69, 9.17) is 0 Å². The molecule has 0 fully saturated rings. The van der Waals surface area contributed by atoms with Crippen molar-refractivity contribution in [2.24, 2.45) is 11.8 Å². The Hall–Kier alpha value is -0.380. The van der Waals surface area contributed by atoms with Crippen LogP contribution in [0.15, 0.2) is 12.1 Å². The molecule has 0 aliphatic heterocycles. The Bertz CT molecular complexity index is 344. The molecular weight excluding hydrogens is 252 g/mol. The van der Waals surface area contributed by atoms with Gasteiger partial charge in [0, 0.05) is 22.8 Å². The van der Waals surface area contributed by atoms with Gasteiger partial charge in [0.1, 0.15) is 0 Å². The Balaban J connectivity index is 2.29. The summed E-state index contributed by atoms with van der Waals surface area (Å²) in [5.74, 6) is 1.52. The van der Waals surface area contributed by atoms with Gasteiger partial charge in [0.2, 0.25) is 0 Å². The van der Waals surface area contributed by atoms with Gasteiger partial charge in [-0.3, -0.25) is 0 Å². The van der Waals surface area contributed by atoms with E-state index in [1.165, 1.54) is 22.7 Å². The van der Waals surface area contributed by atoms with Crippen LogP contribution in [-0.4, -0.2) is 25.0 Å². The standard InChI is InChI=1S/C16H30N2S/c1-13(2)8-9-18(5)12-16-7-6-15(19-16)11-17-10-14(3)4/h6-7,13-14,17H,8-12H2,1-5H3. The van der Waals surface area contributed by atoms with Gasteiger partial charge in [0.25, 0.3) is 0 Å². The fraction of sp³-hybridized carbons (Fsp3) is 0.750. The van der Waals surface area contributed by atoms with Crippen molar-refractivity contribution in [3.05, 3.63) is 21.9 Å². The molecule has 1 rings (SSSR count). The van der Waals surface area contributed by atoms with Gasteiger partial charge in [0.05, 0.1) is 0 Å². The molecule has 1 aromatic rings. The lowest BCUT2D eigenvalue weighted by molar-refractivity contribution is 0.306. The van der Waals surface area contributed by atoms with Gasteiger partial charge in [-0.1, -0.05) is 27.7 Å². The SMILES string of the molecule is CC(C)CCN(C)Cc1ccc(CNCC(C)C)s1. The van der Waals surface area contributed by atoms with Crippen molar-refractivity contribution >= 4 is 11.3 Å². The van der Waals surface area contributed by atoms with E-state index in [9.17, 15) is 0 Å². The van der Waals surface area contributed by atoms with Crippen LogP contribution in [0.3, 0.4) is 0 Å². The topological polar surface area (TPSA) is 15.3 Å². The van der Waals surface area contributed by atoms with Crippen LogP contribution in [0.5, 0.6) is 0 Å². The van der Waals surface area contributed by atoms with E-state index in [0.717, 1.165) is 31.5 Å². The lowest BCUT2D eigenvalue weighted by Gasteiger charge is -2.16. The second-order valence-electron chi connectivity index (χ2n) is 6.31. The first-order chi connectivity index (χ1) is 8.97. The van der Waals surface area contributed by atoms with E-state index in [1.807, 2.05) is 11.3 Å². The zero-order chi connectivity index (χ0) is 14.3. The van der Waals surface area contributed by atoms with Gasteiger partial charge in [-0.15, -0.1) is 11.3 Å². The third kappa shape index (κ3) is 7.71. The van der Waals surface area contributed by atoms with Crippen LogP contribution < -0.4 is 5.32 Å². The van der Waals surface area contributed by atoms with Crippen molar-refractivity contribution in [2.45, 2.75) is 47.2 Å². The summed E-state index contributed by atoms with van der Waals surface area (Å²) in [5, 5.41) is 3.50. The average Bonchev–Trinajstić information content (AvgIpc) is 2.73. The van der Waals surface area contributed by atoms with Crippen LogP contribution in [0.4, 0.5) is 0 Å². The zero-order valence-electron chi connectivity index (χ0n) is 13.2. The summed E-state index contributed by atoms with van der Waals surface area (Å²) in [5.41, 5.74) is 0. The Kier molecular flexibility index (Phi) is 7.66. The molecule has 0 aliphatic rings. The predicted molar refractivity (Wildman–Crippen MR) is 86.7 cm³/mol. The molecule has 19 heavy (non-hydrogen) atoms. The molecule has 2 nitrogen and oxygen atoms in total. The molecular formula is C16H30N2S. The number of nitrogens with zero attached hydrogens (tertiary/aromatic N) is 1. The Labute approximate surface area is 123 Å². The fourth-order valence-corrected chi connectivity index (χ4v) is 2.98. The highest BCUT2D eigenvalue weighted by Gasteiger charge is 2.05. The number of rotatable bonds is 9. The van der Waals surface area contributed by atoms with E-state index in [2.05, 4.69) is 57.1 Å². The number of thiophene rings is 1. The molecule has 0 atom stereocenters. The summed E-state index contributed by atoms with van der Waals surface area (Å²) in [6.07, 6.45) is 1.28. The summed E-state index contributed by atoms with van der Waals surface area (Å²) in [4.78, 5) is 5.36. The van der Waals surface area contributed by atoms with Crippen LogP contribution in [0.2, 0.25) is 0 Å². The normalized spacial score (nSPS) is 12.0. The first kappa shape index (κ1) is 16.7. The van der Waals surface area contributed by atoms with Crippen molar-refractivity contribution in [3.63, 3.8) is 0 Å². The smallest absolute Gasteiger partial charge is 0.0324 e. The third-order valence-electron chi connectivity index (χ3n) is 3.08. The van der Waals surface area contributed by atoms with Crippen molar-refractivity contribution in [2.75, 3.05) is 20.1 Å².